The van der Waals surface area contributed by atoms with Crippen LogP contribution in [0.25, 0.3) is 0 Å². The zero-order valence-corrected chi connectivity index (χ0v) is 17.7. The van der Waals surface area contributed by atoms with Crippen molar-refractivity contribution >= 4 is 28.9 Å². The number of fused-ring (bicyclic) bond motifs is 1. The molecule has 0 aromatic heterocycles. The second kappa shape index (κ2) is 9.06. The highest BCUT2D eigenvalue weighted by Gasteiger charge is 2.52. The third-order valence-corrected chi connectivity index (χ3v) is 6.53. The molecule has 2 aliphatic carbocycles. The zero-order valence-electron chi connectivity index (χ0n) is 17.0. The molecular weight excluding hydrogens is 436 g/mol. The van der Waals surface area contributed by atoms with Gasteiger partial charge in [0.2, 0.25) is 6.43 Å². The third kappa shape index (κ3) is 5.14. The second-order valence-corrected chi connectivity index (χ2v) is 8.79. The summed E-state index contributed by atoms with van der Waals surface area (Å²) >= 11 is 5.75. The maximum Gasteiger partial charge on any atom is 0.261 e. The molecule has 0 aliphatic heterocycles. The Bertz CT molecular complexity index is 893. The molecule has 170 valence electrons. The van der Waals surface area contributed by atoms with E-state index in [0.29, 0.717) is 12.8 Å². The van der Waals surface area contributed by atoms with Gasteiger partial charge in [-0.05, 0) is 55.7 Å². The lowest BCUT2D eigenvalue weighted by Crippen LogP contribution is -2.32. The Morgan fingerprint density at radius 1 is 1.32 bits per heavy atom. The van der Waals surface area contributed by atoms with Crippen LogP contribution in [0.1, 0.15) is 32.1 Å². The van der Waals surface area contributed by atoms with E-state index in [1.165, 1.54) is 19.2 Å². The van der Waals surface area contributed by atoms with Crippen LogP contribution in [0.15, 0.2) is 29.6 Å². The van der Waals surface area contributed by atoms with E-state index in [9.17, 15) is 22.4 Å². The van der Waals surface area contributed by atoms with Gasteiger partial charge >= 0.3 is 0 Å². The smallest absolute Gasteiger partial charge is 0.261 e. The van der Waals surface area contributed by atoms with E-state index in [4.69, 9.17) is 22.7 Å². The average molecular weight is 461 g/mol. The van der Waals surface area contributed by atoms with E-state index in [-0.39, 0.29) is 58.4 Å². The highest BCUT2D eigenvalue weighted by molar-refractivity contribution is 6.31. The molecule has 0 radical (unpaired) electrons. The van der Waals surface area contributed by atoms with Crippen LogP contribution in [-0.2, 0) is 4.79 Å². The Morgan fingerprint density at radius 2 is 1.94 bits per heavy atom. The van der Waals surface area contributed by atoms with E-state index < -0.39 is 30.2 Å². The molecule has 1 amide bonds. The molecule has 2 aliphatic rings. The van der Waals surface area contributed by atoms with Crippen LogP contribution in [-0.4, -0.2) is 30.8 Å². The monoisotopic (exact) mass is 460 g/mol. The van der Waals surface area contributed by atoms with Gasteiger partial charge in [0.15, 0.2) is 0 Å². The Kier molecular flexibility index (Phi) is 6.83. The van der Waals surface area contributed by atoms with Gasteiger partial charge in [-0.25, -0.2) is 17.6 Å². The van der Waals surface area contributed by atoms with Gasteiger partial charge in [-0.1, -0.05) is 11.6 Å². The molecule has 10 heteroatoms. The number of rotatable bonds is 7. The van der Waals surface area contributed by atoms with Crippen molar-refractivity contribution in [1.29, 1.82) is 5.41 Å². The van der Waals surface area contributed by atoms with Gasteiger partial charge in [-0.15, -0.1) is 0 Å². The van der Waals surface area contributed by atoms with Crippen LogP contribution in [0.5, 0.6) is 0 Å². The Hall–Kier alpha value is -2.29. The minimum atomic E-state index is -2.69. The van der Waals surface area contributed by atoms with Crippen LogP contribution < -0.4 is 16.4 Å². The molecule has 0 heterocycles. The maximum atomic E-state index is 14.7. The fourth-order valence-corrected chi connectivity index (χ4v) is 5.08. The molecule has 2 unspecified atom stereocenters. The number of hydrogen-bond donors (Lipinski definition) is 4. The first kappa shape index (κ1) is 23.4. The lowest BCUT2D eigenvalue weighted by molar-refractivity contribution is -0.112. The number of carbonyl (C=O) groups is 1. The summed E-state index contributed by atoms with van der Waals surface area (Å²) in [7, 11) is 1.51. The van der Waals surface area contributed by atoms with Gasteiger partial charge in [-0.2, -0.15) is 0 Å². The standard InChI is InChI=1S/C21H25ClF4N4O/c1-29-19(28)17(20(31)30-13-2-3-15(23)14(22)6-13)18(27)10-4-11-7-21(26,9-16(24)25)8-12(11)5-10/h2-3,6,10-12,16,27,29H,4-5,7-9,28H2,1H3,(H,30,31)/b19-17+,27-18?. The third-order valence-electron chi connectivity index (χ3n) is 6.24. The number of hydrogen-bond acceptors (Lipinski definition) is 4. The molecule has 1 aromatic rings. The van der Waals surface area contributed by atoms with E-state index >= 15 is 0 Å². The van der Waals surface area contributed by atoms with Crippen molar-refractivity contribution in [3.63, 3.8) is 0 Å². The molecule has 3 rings (SSSR count). The van der Waals surface area contributed by atoms with Gasteiger partial charge < -0.3 is 21.8 Å². The number of anilines is 1. The van der Waals surface area contributed by atoms with Crippen LogP contribution in [0, 0.1) is 29.0 Å². The van der Waals surface area contributed by atoms with Crippen LogP contribution in [0.2, 0.25) is 5.02 Å². The fraction of sp³-hybridized carbons (Fsp3) is 0.524. The van der Waals surface area contributed by atoms with Gasteiger partial charge in [0, 0.05) is 25.1 Å². The molecule has 31 heavy (non-hydrogen) atoms. The molecule has 2 saturated carbocycles. The highest BCUT2D eigenvalue weighted by Crippen LogP contribution is 2.54. The lowest BCUT2D eigenvalue weighted by Gasteiger charge is -2.22. The number of benzene rings is 1. The van der Waals surface area contributed by atoms with Crippen LogP contribution in [0.3, 0.4) is 0 Å². The summed E-state index contributed by atoms with van der Waals surface area (Å²) in [5.74, 6) is -1.85. The van der Waals surface area contributed by atoms with Crippen molar-refractivity contribution in [3.8, 4) is 0 Å². The topological polar surface area (TPSA) is 91.0 Å². The number of halogens is 5. The summed E-state index contributed by atoms with van der Waals surface area (Å²) in [5, 5.41) is 13.7. The van der Waals surface area contributed by atoms with E-state index in [1.54, 1.807) is 0 Å². The number of amides is 1. The number of nitrogens with one attached hydrogen (secondary N) is 3. The molecule has 5 N–H and O–H groups in total. The summed E-state index contributed by atoms with van der Waals surface area (Å²) in [6.45, 7) is 0. The normalized spacial score (nSPS) is 28.3. The molecule has 1 aromatic carbocycles. The van der Waals surface area contributed by atoms with E-state index in [2.05, 4.69) is 10.6 Å². The van der Waals surface area contributed by atoms with Crippen molar-refractivity contribution in [3.05, 3.63) is 40.4 Å². The molecular formula is C21H25ClF4N4O. The van der Waals surface area contributed by atoms with E-state index in [0.717, 1.165) is 6.07 Å². The highest BCUT2D eigenvalue weighted by atomic mass is 35.5. The number of carbonyl (C=O) groups excluding carboxylic acids is 1. The molecule has 0 saturated heterocycles. The lowest BCUT2D eigenvalue weighted by atomic mass is 9.88. The first-order valence-electron chi connectivity index (χ1n) is 10.0. The van der Waals surface area contributed by atoms with Crippen molar-refractivity contribution in [2.75, 3.05) is 12.4 Å². The summed E-state index contributed by atoms with van der Waals surface area (Å²) in [6, 6.07) is 3.68. The molecule has 2 fully saturated rings. The minimum absolute atomic E-state index is 0.00489. The SMILES string of the molecule is CN/C(N)=C(\C(=N)C1CC2CC(F)(CC(F)F)CC2C1)C(=O)Nc1ccc(F)c(Cl)c1. The summed E-state index contributed by atoms with van der Waals surface area (Å²) in [5.41, 5.74) is 4.26. The second-order valence-electron chi connectivity index (χ2n) is 8.38. The number of nitrogens with two attached hydrogens (primary N) is 1. The quantitative estimate of drug-likeness (QED) is 0.272. The van der Waals surface area contributed by atoms with Gasteiger partial charge in [0.1, 0.15) is 22.9 Å². The zero-order chi connectivity index (χ0) is 22.9. The van der Waals surface area contributed by atoms with Gasteiger partial charge in [0.25, 0.3) is 5.91 Å². The van der Waals surface area contributed by atoms with Crippen molar-refractivity contribution in [1.82, 2.24) is 5.32 Å². The molecule has 5 nitrogen and oxygen atoms in total. The largest absolute Gasteiger partial charge is 0.385 e. The molecule has 2 atom stereocenters. The van der Waals surface area contributed by atoms with Crippen molar-refractivity contribution in [2.24, 2.45) is 23.5 Å². The van der Waals surface area contributed by atoms with Crippen molar-refractivity contribution < 1.29 is 22.4 Å². The summed E-state index contributed by atoms with van der Waals surface area (Å²) in [4.78, 5) is 12.9. The van der Waals surface area contributed by atoms with Gasteiger partial charge in [-0.3, -0.25) is 4.79 Å². The fourth-order valence-electron chi connectivity index (χ4n) is 4.90. The number of alkyl halides is 3. The predicted molar refractivity (Wildman–Crippen MR) is 111 cm³/mol. The Labute approximate surface area is 182 Å². The molecule has 0 spiro atoms. The van der Waals surface area contributed by atoms with Crippen molar-refractivity contribution in [2.45, 2.75) is 44.2 Å². The van der Waals surface area contributed by atoms with Crippen LogP contribution >= 0.6 is 11.6 Å². The van der Waals surface area contributed by atoms with Crippen LogP contribution in [0.4, 0.5) is 23.2 Å². The maximum absolute atomic E-state index is 14.7. The minimum Gasteiger partial charge on any atom is -0.385 e. The first-order valence-corrected chi connectivity index (χ1v) is 10.4. The Morgan fingerprint density at radius 3 is 2.45 bits per heavy atom. The van der Waals surface area contributed by atoms with E-state index in [1.807, 2.05) is 0 Å². The predicted octanol–water partition coefficient (Wildman–Crippen LogP) is 4.63. The Balaban J connectivity index is 1.72. The molecule has 0 bridgehead atoms. The average Bonchev–Trinajstić information content (AvgIpc) is 3.18. The summed E-state index contributed by atoms with van der Waals surface area (Å²) < 4.78 is 53.4. The summed E-state index contributed by atoms with van der Waals surface area (Å²) in [6.07, 6.45) is -2.48. The van der Waals surface area contributed by atoms with Gasteiger partial charge in [0.05, 0.1) is 10.7 Å². The first-order chi connectivity index (χ1) is 14.5.